The van der Waals surface area contributed by atoms with Gasteiger partial charge in [0.05, 0.1) is 0 Å². The number of benzene rings is 1. The molecule has 1 aromatic rings. The van der Waals surface area contributed by atoms with Crippen LogP contribution < -0.4 is 5.73 Å². The second-order valence-electron chi connectivity index (χ2n) is 3.14. The van der Waals surface area contributed by atoms with Gasteiger partial charge in [-0.05, 0) is 24.1 Å². The number of carboxylic acid groups (broad SMARTS) is 1. The van der Waals surface area contributed by atoms with Crippen LogP contribution in [0.5, 0.6) is 0 Å². The molecule has 0 radical (unpaired) electrons. The summed E-state index contributed by atoms with van der Waals surface area (Å²) in [6.07, 6.45) is 0.117. The van der Waals surface area contributed by atoms with Crippen LogP contribution >= 0.6 is 0 Å². The van der Waals surface area contributed by atoms with Crippen molar-refractivity contribution < 1.29 is 15.0 Å². The van der Waals surface area contributed by atoms with Gasteiger partial charge in [-0.25, -0.2) is 4.79 Å². The van der Waals surface area contributed by atoms with E-state index >= 15 is 0 Å². The molecule has 1 unspecified atom stereocenters. The lowest BCUT2D eigenvalue weighted by Gasteiger charge is -2.21. The van der Waals surface area contributed by atoms with Crippen LogP contribution in [-0.2, 0) is 10.4 Å². The second-order valence-corrected chi connectivity index (χ2v) is 3.14. The molecular weight excluding hydrogens is 182 g/mol. The Labute approximate surface area is 82.0 Å². The first-order chi connectivity index (χ1) is 6.50. The number of anilines is 1. The summed E-state index contributed by atoms with van der Waals surface area (Å²) in [4.78, 5) is 10.9. The van der Waals surface area contributed by atoms with Crippen LogP contribution in [0.1, 0.15) is 18.9 Å². The standard InChI is InChI=1S/C10H13NO3/c1-2-10(14,9(12)13)7-3-5-8(11)6-4-7/h3-6,14H,2,11H2,1H3,(H,12,13). The first-order valence-corrected chi connectivity index (χ1v) is 4.32. The van der Waals surface area contributed by atoms with Crippen molar-refractivity contribution in [1.29, 1.82) is 0 Å². The number of carbonyl (C=O) groups is 1. The molecule has 0 spiro atoms. The van der Waals surface area contributed by atoms with Crippen LogP contribution in [0.2, 0.25) is 0 Å². The number of carboxylic acids is 1. The Morgan fingerprint density at radius 1 is 1.43 bits per heavy atom. The van der Waals surface area contributed by atoms with Gasteiger partial charge in [0, 0.05) is 5.69 Å². The molecule has 14 heavy (non-hydrogen) atoms. The van der Waals surface area contributed by atoms with Crippen molar-refractivity contribution in [2.75, 3.05) is 5.73 Å². The van der Waals surface area contributed by atoms with Crippen molar-refractivity contribution in [2.24, 2.45) is 0 Å². The van der Waals surface area contributed by atoms with Crippen LogP contribution in [0.25, 0.3) is 0 Å². The highest BCUT2D eigenvalue weighted by Crippen LogP contribution is 2.25. The Bertz CT molecular complexity index is 334. The molecule has 1 rings (SSSR count). The number of rotatable bonds is 3. The molecule has 1 atom stereocenters. The summed E-state index contributed by atoms with van der Waals surface area (Å²) in [6.45, 7) is 1.62. The minimum absolute atomic E-state index is 0.117. The normalized spacial score (nSPS) is 14.7. The first-order valence-electron chi connectivity index (χ1n) is 4.32. The van der Waals surface area contributed by atoms with Crippen molar-refractivity contribution in [3.63, 3.8) is 0 Å². The van der Waals surface area contributed by atoms with Gasteiger partial charge in [0.25, 0.3) is 0 Å². The lowest BCUT2D eigenvalue weighted by Crippen LogP contribution is -2.34. The van der Waals surface area contributed by atoms with Gasteiger partial charge < -0.3 is 15.9 Å². The fraction of sp³-hybridized carbons (Fsp3) is 0.300. The molecule has 0 saturated heterocycles. The van der Waals surface area contributed by atoms with Gasteiger partial charge in [0.2, 0.25) is 0 Å². The molecule has 0 heterocycles. The molecule has 0 bridgehead atoms. The van der Waals surface area contributed by atoms with E-state index in [1.54, 1.807) is 19.1 Å². The molecule has 4 heteroatoms. The monoisotopic (exact) mass is 195 g/mol. The maximum absolute atomic E-state index is 10.9. The van der Waals surface area contributed by atoms with Gasteiger partial charge in [-0.15, -0.1) is 0 Å². The zero-order chi connectivity index (χ0) is 10.8. The lowest BCUT2D eigenvalue weighted by atomic mass is 9.91. The zero-order valence-corrected chi connectivity index (χ0v) is 7.90. The summed E-state index contributed by atoms with van der Waals surface area (Å²) in [5.74, 6) is -1.25. The molecule has 0 aliphatic rings. The summed E-state index contributed by atoms with van der Waals surface area (Å²) in [5, 5.41) is 18.7. The lowest BCUT2D eigenvalue weighted by molar-refractivity contribution is -0.160. The summed E-state index contributed by atoms with van der Waals surface area (Å²) in [6, 6.07) is 6.18. The Morgan fingerprint density at radius 2 is 1.93 bits per heavy atom. The molecule has 0 aliphatic carbocycles. The molecule has 0 aromatic heterocycles. The van der Waals surface area contributed by atoms with Crippen LogP contribution in [0, 0.1) is 0 Å². The van der Waals surface area contributed by atoms with Crippen molar-refractivity contribution in [1.82, 2.24) is 0 Å². The molecular formula is C10H13NO3. The Balaban J connectivity index is 3.13. The second kappa shape index (κ2) is 3.67. The fourth-order valence-corrected chi connectivity index (χ4v) is 1.24. The maximum atomic E-state index is 10.9. The third kappa shape index (κ3) is 1.70. The average molecular weight is 195 g/mol. The number of aliphatic hydroxyl groups is 1. The molecule has 76 valence electrons. The van der Waals surface area contributed by atoms with Crippen molar-refractivity contribution >= 4 is 11.7 Å². The minimum atomic E-state index is -1.81. The van der Waals surface area contributed by atoms with E-state index in [9.17, 15) is 9.90 Å². The molecule has 1 aromatic carbocycles. The Morgan fingerprint density at radius 3 is 2.29 bits per heavy atom. The van der Waals surface area contributed by atoms with E-state index in [0.29, 0.717) is 11.3 Å². The van der Waals surface area contributed by atoms with Gasteiger partial charge in [-0.1, -0.05) is 19.1 Å². The van der Waals surface area contributed by atoms with E-state index in [1.165, 1.54) is 12.1 Å². The third-order valence-electron chi connectivity index (χ3n) is 2.25. The van der Waals surface area contributed by atoms with Gasteiger partial charge in [0.1, 0.15) is 0 Å². The Kier molecular flexibility index (Phi) is 2.76. The summed E-state index contributed by atoms with van der Waals surface area (Å²) < 4.78 is 0. The topological polar surface area (TPSA) is 83.5 Å². The van der Waals surface area contributed by atoms with Crippen LogP contribution in [-0.4, -0.2) is 16.2 Å². The number of aliphatic carboxylic acids is 1. The maximum Gasteiger partial charge on any atom is 0.340 e. The average Bonchev–Trinajstić information content (AvgIpc) is 2.17. The van der Waals surface area contributed by atoms with E-state index in [4.69, 9.17) is 10.8 Å². The van der Waals surface area contributed by atoms with E-state index < -0.39 is 11.6 Å². The van der Waals surface area contributed by atoms with Gasteiger partial charge in [-0.2, -0.15) is 0 Å². The van der Waals surface area contributed by atoms with Crippen molar-refractivity contribution in [2.45, 2.75) is 18.9 Å². The van der Waals surface area contributed by atoms with E-state index in [-0.39, 0.29) is 6.42 Å². The predicted molar refractivity (Wildman–Crippen MR) is 52.7 cm³/mol. The van der Waals surface area contributed by atoms with Crippen molar-refractivity contribution in [3.8, 4) is 0 Å². The van der Waals surface area contributed by atoms with Crippen LogP contribution in [0.3, 0.4) is 0 Å². The van der Waals surface area contributed by atoms with Crippen LogP contribution in [0.15, 0.2) is 24.3 Å². The zero-order valence-electron chi connectivity index (χ0n) is 7.90. The minimum Gasteiger partial charge on any atom is -0.479 e. The Hall–Kier alpha value is -1.55. The smallest absolute Gasteiger partial charge is 0.340 e. The van der Waals surface area contributed by atoms with Crippen LogP contribution in [0.4, 0.5) is 5.69 Å². The van der Waals surface area contributed by atoms with Gasteiger partial charge >= 0.3 is 5.97 Å². The number of hydrogen-bond donors (Lipinski definition) is 3. The molecule has 0 saturated carbocycles. The molecule has 0 aliphatic heterocycles. The highest BCUT2D eigenvalue weighted by atomic mass is 16.4. The summed E-state index contributed by atoms with van der Waals surface area (Å²) in [5.41, 5.74) is 4.53. The molecule has 4 nitrogen and oxygen atoms in total. The predicted octanol–water partition coefficient (Wildman–Crippen LogP) is 0.951. The molecule has 0 fully saturated rings. The largest absolute Gasteiger partial charge is 0.479 e. The van der Waals surface area contributed by atoms with Gasteiger partial charge in [-0.3, -0.25) is 0 Å². The molecule has 4 N–H and O–H groups in total. The van der Waals surface area contributed by atoms with Gasteiger partial charge in [0.15, 0.2) is 5.60 Å². The number of nitrogen functional groups attached to an aromatic ring is 1. The summed E-state index contributed by atoms with van der Waals surface area (Å²) in [7, 11) is 0. The number of hydrogen-bond acceptors (Lipinski definition) is 3. The number of nitrogens with two attached hydrogens (primary N) is 1. The SMILES string of the molecule is CCC(O)(C(=O)O)c1ccc(N)cc1. The quantitative estimate of drug-likeness (QED) is 0.627. The van der Waals surface area contributed by atoms with E-state index in [1.807, 2.05) is 0 Å². The highest BCUT2D eigenvalue weighted by Gasteiger charge is 2.35. The molecule has 0 amide bonds. The highest BCUT2D eigenvalue weighted by molar-refractivity contribution is 5.79. The fourth-order valence-electron chi connectivity index (χ4n) is 1.24. The van der Waals surface area contributed by atoms with E-state index in [0.717, 1.165) is 0 Å². The third-order valence-corrected chi connectivity index (χ3v) is 2.25. The van der Waals surface area contributed by atoms with E-state index in [2.05, 4.69) is 0 Å². The van der Waals surface area contributed by atoms with Crippen molar-refractivity contribution in [3.05, 3.63) is 29.8 Å². The first kappa shape index (κ1) is 10.5. The summed E-state index contributed by atoms with van der Waals surface area (Å²) >= 11 is 0.